The lowest BCUT2D eigenvalue weighted by atomic mass is 10.1. The molecule has 0 fully saturated rings. The standard InChI is InChI=1S/C20H15N5O2/c1-27-12-7-5-11(6-8-12)19(26)18-17-15(14-4-2-3-9-25(14)18)16(22)13(10-21)20(23)24-17/h2-9H,22H2,1H3,(H2,23,24). The lowest BCUT2D eigenvalue weighted by Gasteiger charge is -2.05. The minimum atomic E-state index is -0.232. The second-order valence-electron chi connectivity index (χ2n) is 5.98. The maximum Gasteiger partial charge on any atom is 0.211 e. The molecule has 0 amide bonds. The van der Waals surface area contributed by atoms with E-state index in [2.05, 4.69) is 4.98 Å². The number of fused-ring (bicyclic) bond motifs is 3. The van der Waals surface area contributed by atoms with E-state index in [0.29, 0.717) is 33.4 Å². The number of ketones is 1. The van der Waals surface area contributed by atoms with Gasteiger partial charge in [-0.3, -0.25) is 4.79 Å². The molecule has 0 bridgehead atoms. The fourth-order valence-corrected chi connectivity index (χ4v) is 3.22. The Morgan fingerprint density at radius 3 is 2.59 bits per heavy atom. The number of nitrogens with zero attached hydrogens (tertiary/aromatic N) is 3. The number of rotatable bonds is 3. The molecule has 7 heteroatoms. The summed E-state index contributed by atoms with van der Waals surface area (Å²) in [5.74, 6) is 0.425. The average molecular weight is 357 g/mol. The van der Waals surface area contributed by atoms with Crippen molar-refractivity contribution in [2.75, 3.05) is 18.6 Å². The number of carbonyl (C=O) groups is 1. The highest BCUT2D eigenvalue weighted by molar-refractivity contribution is 6.21. The summed E-state index contributed by atoms with van der Waals surface area (Å²) < 4.78 is 6.87. The number of hydrogen-bond donors (Lipinski definition) is 2. The van der Waals surface area contributed by atoms with Crippen LogP contribution >= 0.6 is 0 Å². The van der Waals surface area contributed by atoms with E-state index >= 15 is 0 Å². The number of nitriles is 1. The molecule has 27 heavy (non-hydrogen) atoms. The second kappa shape index (κ2) is 6.04. The van der Waals surface area contributed by atoms with Crippen LogP contribution in [0.3, 0.4) is 0 Å². The predicted octanol–water partition coefficient (Wildman–Crippen LogP) is 2.76. The highest BCUT2D eigenvalue weighted by Gasteiger charge is 2.24. The van der Waals surface area contributed by atoms with Crippen LogP contribution in [0.2, 0.25) is 0 Å². The molecule has 4 rings (SSSR count). The third kappa shape index (κ3) is 2.35. The van der Waals surface area contributed by atoms with E-state index in [1.54, 1.807) is 48.0 Å². The van der Waals surface area contributed by atoms with E-state index in [4.69, 9.17) is 16.2 Å². The summed E-state index contributed by atoms with van der Waals surface area (Å²) in [6, 6.07) is 14.3. The fraction of sp³-hybridized carbons (Fsp3) is 0.0500. The SMILES string of the molecule is COc1ccc(C(=O)c2c3nc(N)c(C#N)c(N)c3c3ccccn23)cc1. The monoisotopic (exact) mass is 357 g/mol. The van der Waals surface area contributed by atoms with Crippen molar-refractivity contribution in [3.63, 3.8) is 0 Å². The highest BCUT2D eigenvalue weighted by Crippen LogP contribution is 2.35. The Hall–Kier alpha value is -4.05. The van der Waals surface area contributed by atoms with Crippen LogP contribution in [0.25, 0.3) is 16.4 Å². The normalized spacial score (nSPS) is 10.8. The van der Waals surface area contributed by atoms with Crippen LogP contribution in [0.4, 0.5) is 11.5 Å². The van der Waals surface area contributed by atoms with Gasteiger partial charge in [0.15, 0.2) is 0 Å². The van der Waals surface area contributed by atoms with Gasteiger partial charge in [0.05, 0.1) is 23.7 Å². The molecule has 0 atom stereocenters. The van der Waals surface area contributed by atoms with Gasteiger partial charge >= 0.3 is 0 Å². The van der Waals surface area contributed by atoms with Crippen LogP contribution in [0.15, 0.2) is 48.7 Å². The van der Waals surface area contributed by atoms with Crippen LogP contribution in [0, 0.1) is 11.3 Å². The van der Waals surface area contributed by atoms with Gasteiger partial charge in [0.1, 0.15) is 34.4 Å². The van der Waals surface area contributed by atoms with Crippen molar-refractivity contribution in [3.8, 4) is 11.8 Å². The molecule has 0 aliphatic rings. The summed E-state index contributed by atoms with van der Waals surface area (Å²) in [4.78, 5) is 17.6. The van der Waals surface area contributed by atoms with Gasteiger partial charge < -0.3 is 20.6 Å². The van der Waals surface area contributed by atoms with E-state index < -0.39 is 0 Å². The topological polar surface area (TPSA) is 119 Å². The van der Waals surface area contributed by atoms with E-state index in [-0.39, 0.29) is 22.9 Å². The average Bonchev–Trinajstić information content (AvgIpc) is 3.01. The molecular formula is C20H15N5O2. The molecule has 4 aromatic rings. The predicted molar refractivity (Wildman–Crippen MR) is 103 cm³/mol. The van der Waals surface area contributed by atoms with Crippen LogP contribution in [-0.2, 0) is 0 Å². The largest absolute Gasteiger partial charge is 0.497 e. The zero-order valence-corrected chi connectivity index (χ0v) is 14.4. The molecule has 3 heterocycles. The quantitative estimate of drug-likeness (QED) is 0.544. The van der Waals surface area contributed by atoms with Crippen LogP contribution < -0.4 is 16.2 Å². The van der Waals surface area contributed by atoms with E-state index in [0.717, 1.165) is 0 Å². The number of aromatic nitrogens is 2. The summed E-state index contributed by atoms with van der Waals surface area (Å²) in [7, 11) is 1.56. The molecule has 7 nitrogen and oxygen atoms in total. The first kappa shape index (κ1) is 16.4. The van der Waals surface area contributed by atoms with Gasteiger partial charge in [-0.2, -0.15) is 5.26 Å². The Morgan fingerprint density at radius 2 is 1.93 bits per heavy atom. The lowest BCUT2D eigenvalue weighted by Crippen LogP contribution is -2.07. The van der Waals surface area contributed by atoms with Crippen molar-refractivity contribution in [1.82, 2.24) is 9.38 Å². The van der Waals surface area contributed by atoms with Gasteiger partial charge in [0.2, 0.25) is 5.78 Å². The number of anilines is 2. The van der Waals surface area contributed by atoms with E-state index in [9.17, 15) is 10.1 Å². The maximum atomic E-state index is 13.3. The molecule has 0 aliphatic heterocycles. The molecule has 0 saturated carbocycles. The summed E-state index contributed by atoms with van der Waals surface area (Å²) in [5, 5.41) is 9.88. The van der Waals surface area contributed by atoms with Gasteiger partial charge in [-0.15, -0.1) is 0 Å². The zero-order chi connectivity index (χ0) is 19.1. The van der Waals surface area contributed by atoms with Gasteiger partial charge in [-0.25, -0.2) is 4.98 Å². The van der Waals surface area contributed by atoms with Gasteiger partial charge in [0.25, 0.3) is 0 Å². The fourth-order valence-electron chi connectivity index (χ4n) is 3.22. The Bertz CT molecular complexity index is 1250. The molecule has 3 aromatic heterocycles. The molecule has 0 unspecified atom stereocenters. The van der Waals surface area contributed by atoms with Crippen molar-refractivity contribution in [2.24, 2.45) is 0 Å². The van der Waals surface area contributed by atoms with E-state index in [1.165, 1.54) is 0 Å². The molecule has 0 spiro atoms. The minimum Gasteiger partial charge on any atom is -0.497 e. The maximum absolute atomic E-state index is 13.3. The van der Waals surface area contributed by atoms with E-state index in [1.807, 2.05) is 18.2 Å². The Morgan fingerprint density at radius 1 is 1.19 bits per heavy atom. The smallest absolute Gasteiger partial charge is 0.211 e. The Kier molecular flexibility index (Phi) is 3.67. The van der Waals surface area contributed by atoms with Gasteiger partial charge in [-0.1, -0.05) is 6.07 Å². The number of ether oxygens (including phenoxy) is 1. The third-order valence-electron chi connectivity index (χ3n) is 4.52. The summed E-state index contributed by atoms with van der Waals surface area (Å²) in [6.07, 6.45) is 1.76. The lowest BCUT2D eigenvalue weighted by molar-refractivity contribution is 0.103. The van der Waals surface area contributed by atoms with Crippen LogP contribution in [-0.4, -0.2) is 22.3 Å². The first-order valence-corrected chi connectivity index (χ1v) is 8.13. The Balaban J connectivity index is 2.07. The van der Waals surface area contributed by atoms with Crippen molar-refractivity contribution in [1.29, 1.82) is 5.26 Å². The molecular weight excluding hydrogens is 342 g/mol. The number of nitrogen functional groups attached to an aromatic ring is 2. The molecule has 0 saturated heterocycles. The molecule has 0 radical (unpaired) electrons. The van der Waals surface area contributed by atoms with Gasteiger partial charge in [0, 0.05) is 11.8 Å². The van der Waals surface area contributed by atoms with Crippen molar-refractivity contribution in [2.45, 2.75) is 0 Å². The zero-order valence-electron chi connectivity index (χ0n) is 14.4. The second-order valence-corrected chi connectivity index (χ2v) is 5.98. The third-order valence-corrected chi connectivity index (χ3v) is 4.52. The van der Waals surface area contributed by atoms with Crippen molar-refractivity contribution >= 4 is 33.7 Å². The summed E-state index contributed by atoms with van der Waals surface area (Å²) >= 11 is 0. The molecule has 4 N–H and O–H groups in total. The van der Waals surface area contributed by atoms with Gasteiger partial charge in [-0.05, 0) is 36.4 Å². The number of carbonyl (C=O) groups excluding carboxylic acids is 1. The number of benzene rings is 1. The first-order valence-electron chi connectivity index (χ1n) is 8.13. The highest BCUT2D eigenvalue weighted by atomic mass is 16.5. The summed E-state index contributed by atoms with van der Waals surface area (Å²) in [5.41, 5.74) is 14.3. The van der Waals surface area contributed by atoms with Crippen molar-refractivity contribution in [3.05, 3.63) is 65.5 Å². The Labute approximate surface area is 154 Å². The number of methoxy groups -OCH3 is 1. The molecule has 1 aromatic carbocycles. The molecule has 0 aliphatic carbocycles. The number of hydrogen-bond acceptors (Lipinski definition) is 6. The number of nitrogens with two attached hydrogens (primary N) is 2. The minimum absolute atomic E-state index is 0.00203. The number of pyridine rings is 2. The van der Waals surface area contributed by atoms with Crippen molar-refractivity contribution < 1.29 is 9.53 Å². The van der Waals surface area contributed by atoms with Crippen LogP contribution in [0.5, 0.6) is 5.75 Å². The first-order chi connectivity index (χ1) is 13.1. The summed E-state index contributed by atoms with van der Waals surface area (Å²) in [6.45, 7) is 0. The molecule has 132 valence electrons. The van der Waals surface area contributed by atoms with Crippen LogP contribution in [0.1, 0.15) is 21.6 Å².